The monoisotopic (exact) mass is 664 g/mol. The Morgan fingerprint density at radius 2 is 0.795 bits per heavy atom. The average Bonchev–Trinajstić information content (AvgIpc) is 2.96. The molecule has 0 saturated carbocycles. The summed E-state index contributed by atoms with van der Waals surface area (Å²) in [6, 6.07) is 0. The van der Waals surface area contributed by atoms with Gasteiger partial charge in [0.05, 0.1) is 13.3 Å². The second kappa shape index (κ2) is 25.4. The number of alkyl carbamates (subject to hydrolysis) is 4. The van der Waals surface area contributed by atoms with Crippen molar-refractivity contribution in [2.75, 3.05) is 76.0 Å². The maximum atomic E-state index is 11.6. The molecule has 248 valence electrons. The second-order valence-electron chi connectivity index (χ2n) is 8.29. The van der Waals surface area contributed by atoms with E-state index in [1.807, 2.05) is 0 Å². The van der Waals surface area contributed by atoms with Crippen LogP contribution < -0.4 is 21.3 Å². The quantitative estimate of drug-likeness (QED) is 0.0327. The van der Waals surface area contributed by atoms with Crippen molar-refractivity contribution in [1.82, 2.24) is 21.3 Å². The van der Waals surface area contributed by atoms with Crippen LogP contribution >= 0.6 is 23.5 Å². The van der Waals surface area contributed by atoms with Crippen molar-refractivity contribution in [2.24, 2.45) is 0 Å². The van der Waals surface area contributed by atoms with Gasteiger partial charge < -0.3 is 49.7 Å². The third-order valence-electron chi connectivity index (χ3n) is 4.26. The summed E-state index contributed by atoms with van der Waals surface area (Å²) in [5, 5.41) is 9.24. The molecule has 0 bridgehead atoms. The highest BCUT2D eigenvalue weighted by molar-refractivity contribution is 8.00. The number of hydrogen-bond donors (Lipinski definition) is 4. The fourth-order valence-electron chi connectivity index (χ4n) is 2.23. The van der Waals surface area contributed by atoms with Crippen LogP contribution in [0.15, 0.2) is 36.5 Å². The Balaban J connectivity index is 3.61. The predicted molar refractivity (Wildman–Crippen MR) is 163 cm³/mol. The smallest absolute Gasteiger partial charge is 0.408 e. The molecule has 0 aromatic rings. The number of carbonyl (C=O) groups is 6. The SMILES string of the molecule is C=C(CSCCOC(=O)NCNC(=O)OCCOC(=O)C(=C)C)CSCCOC(=O)NCNC(=O)OCCOC(=O)C(=C)C. The van der Waals surface area contributed by atoms with Gasteiger partial charge in [-0.1, -0.05) is 25.3 Å². The van der Waals surface area contributed by atoms with Crippen LogP contribution in [0.3, 0.4) is 0 Å². The number of ether oxygens (including phenoxy) is 6. The van der Waals surface area contributed by atoms with Crippen LogP contribution in [0.4, 0.5) is 19.2 Å². The molecule has 18 heteroatoms. The summed E-state index contributed by atoms with van der Waals surface area (Å²) in [6.07, 6.45) is -3.03. The van der Waals surface area contributed by atoms with E-state index in [1.54, 1.807) is 0 Å². The summed E-state index contributed by atoms with van der Waals surface area (Å²) in [6.45, 7) is 13.1. The van der Waals surface area contributed by atoms with E-state index in [4.69, 9.17) is 28.4 Å². The minimum absolute atomic E-state index is 0.118. The van der Waals surface area contributed by atoms with Gasteiger partial charge in [-0.15, -0.1) is 0 Å². The van der Waals surface area contributed by atoms with E-state index in [2.05, 4.69) is 41.0 Å². The van der Waals surface area contributed by atoms with Crippen LogP contribution in [-0.2, 0) is 38.0 Å². The molecule has 0 fully saturated rings. The highest BCUT2D eigenvalue weighted by Gasteiger charge is 2.08. The van der Waals surface area contributed by atoms with E-state index in [-0.39, 0.29) is 64.1 Å². The summed E-state index contributed by atoms with van der Waals surface area (Å²) in [4.78, 5) is 68.6. The van der Waals surface area contributed by atoms with Crippen molar-refractivity contribution in [3.8, 4) is 0 Å². The van der Waals surface area contributed by atoms with Crippen LogP contribution in [0, 0.1) is 0 Å². The molecule has 0 aromatic carbocycles. The molecule has 0 aliphatic rings. The largest absolute Gasteiger partial charge is 0.459 e. The summed E-state index contributed by atoms with van der Waals surface area (Å²) < 4.78 is 29.1. The molecule has 0 atom stereocenters. The molecule has 0 spiro atoms. The molecule has 0 unspecified atom stereocenters. The van der Waals surface area contributed by atoms with E-state index in [0.717, 1.165) is 5.57 Å². The lowest BCUT2D eigenvalue weighted by Gasteiger charge is -2.10. The second-order valence-corrected chi connectivity index (χ2v) is 10.5. The lowest BCUT2D eigenvalue weighted by Crippen LogP contribution is -2.38. The average molecular weight is 665 g/mol. The van der Waals surface area contributed by atoms with Gasteiger partial charge in [0.25, 0.3) is 0 Å². The van der Waals surface area contributed by atoms with Gasteiger partial charge in [-0.25, -0.2) is 28.8 Å². The van der Waals surface area contributed by atoms with Crippen molar-refractivity contribution in [3.63, 3.8) is 0 Å². The van der Waals surface area contributed by atoms with Crippen molar-refractivity contribution < 1.29 is 57.2 Å². The van der Waals surface area contributed by atoms with Gasteiger partial charge in [0.2, 0.25) is 0 Å². The Labute approximate surface area is 264 Å². The zero-order valence-electron chi connectivity index (χ0n) is 24.8. The highest BCUT2D eigenvalue weighted by Crippen LogP contribution is 2.12. The molecule has 0 heterocycles. The number of rotatable bonds is 22. The Kier molecular flexibility index (Phi) is 23.1. The van der Waals surface area contributed by atoms with Gasteiger partial charge >= 0.3 is 36.3 Å². The molecule has 0 aromatic heterocycles. The van der Waals surface area contributed by atoms with Crippen molar-refractivity contribution >= 4 is 59.8 Å². The van der Waals surface area contributed by atoms with E-state index < -0.39 is 36.3 Å². The summed E-state index contributed by atoms with van der Waals surface area (Å²) in [7, 11) is 0. The number of nitrogens with one attached hydrogen (secondary N) is 4. The first-order chi connectivity index (χ1) is 20.9. The van der Waals surface area contributed by atoms with Gasteiger partial charge in [0, 0.05) is 34.2 Å². The highest BCUT2D eigenvalue weighted by atomic mass is 32.2. The van der Waals surface area contributed by atoms with Gasteiger partial charge in [-0.2, -0.15) is 23.5 Å². The molecule has 0 rings (SSSR count). The topological polar surface area (TPSA) is 206 Å². The van der Waals surface area contributed by atoms with Crippen LogP contribution in [-0.4, -0.2) is 112 Å². The summed E-state index contributed by atoms with van der Waals surface area (Å²) >= 11 is 3.04. The summed E-state index contributed by atoms with van der Waals surface area (Å²) in [5.41, 5.74) is 1.41. The summed E-state index contributed by atoms with van der Waals surface area (Å²) in [5.74, 6) is 1.18. The van der Waals surface area contributed by atoms with Crippen molar-refractivity contribution in [3.05, 3.63) is 36.5 Å². The molecule has 4 N–H and O–H groups in total. The van der Waals surface area contributed by atoms with Gasteiger partial charge in [-0.3, -0.25) is 0 Å². The standard InChI is InChI=1S/C26H40N4O12S2/c1-18(2)21(31)37-6-8-39-23(33)27-16-29-25(35)41-10-12-43-14-20(5)15-44-13-11-42-26(36)30-17-28-24(34)40-9-7-38-22(32)19(3)4/h1,3,5-17H2,2,4H3,(H,27,33)(H,28,34)(H,29,35)(H,30,36). The lowest BCUT2D eigenvalue weighted by atomic mass is 10.4. The van der Waals surface area contributed by atoms with Gasteiger partial charge in [-0.05, 0) is 13.8 Å². The van der Waals surface area contributed by atoms with Crippen LogP contribution in [0.2, 0.25) is 0 Å². The fourth-order valence-corrected chi connectivity index (χ4v) is 3.83. The molecule has 0 saturated heterocycles. The molecule has 44 heavy (non-hydrogen) atoms. The number of amides is 4. The lowest BCUT2D eigenvalue weighted by molar-refractivity contribution is -0.140. The fraction of sp³-hybridized carbons (Fsp3) is 0.538. The molecule has 0 aliphatic carbocycles. The Bertz CT molecular complexity index is 934. The molecule has 0 aliphatic heterocycles. The molecule has 4 amide bonds. The van der Waals surface area contributed by atoms with E-state index >= 15 is 0 Å². The van der Waals surface area contributed by atoms with Gasteiger partial charge in [0.1, 0.15) is 39.6 Å². The number of hydrogen-bond acceptors (Lipinski definition) is 14. The van der Waals surface area contributed by atoms with Crippen molar-refractivity contribution in [1.29, 1.82) is 0 Å². The first-order valence-corrected chi connectivity index (χ1v) is 15.3. The Hall–Kier alpha value is -4.06. The van der Waals surface area contributed by atoms with Crippen LogP contribution in [0.25, 0.3) is 0 Å². The molecular weight excluding hydrogens is 624 g/mol. The van der Waals surface area contributed by atoms with Crippen LogP contribution in [0.5, 0.6) is 0 Å². The molecular formula is C26H40N4O12S2. The Morgan fingerprint density at radius 1 is 0.500 bits per heavy atom. The first-order valence-electron chi connectivity index (χ1n) is 13.0. The first kappa shape index (κ1) is 39.9. The predicted octanol–water partition coefficient (Wildman–Crippen LogP) is 2.07. The zero-order chi connectivity index (χ0) is 33.2. The maximum Gasteiger partial charge on any atom is 0.408 e. The number of esters is 2. The molecule has 16 nitrogen and oxygen atoms in total. The van der Waals surface area contributed by atoms with Crippen molar-refractivity contribution in [2.45, 2.75) is 13.8 Å². The molecule has 0 radical (unpaired) electrons. The third kappa shape index (κ3) is 24.5. The van der Waals surface area contributed by atoms with Gasteiger partial charge in [0.15, 0.2) is 0 Å². The normalized spacial score (nSPS) is 9.86. The van der Waals surface area contributed by atoms with E-state index in [0.29, 0.717) is 23.0 Å². The van der Waals surface area contributed by atoms with Crippen LogP contribution in [0.1, 0.15) is 13.8 Å². The maximum absolute atomic E-state index is 11.6. The third-order valence-corrected chi connectivity index (χ3v) is 6.40. The minimum atomic E-state index is -0.802. The Morgan fingerprint density at radius 3 is 1.11 bits per heavy atom. The van der Waals surface area contributed by atoms with E-state index in [1.165, 1.54) is 37.4 Å². The van der Waals surface area contributed by atoms with E-state index in [9.17, 15) is 28.8 Å². The number of thioether (sulfide) groups is 2. The number of carbonyl (C=O) groups excluding carboxylic acids is 6. The minimum Gasteiger partial charge on any atom is -0.459 e. The zero-order valence-corrected chi connectivity index (χ0v) is 26.5.